The number of thioether (sulfide) groups is 2. The average molecular weight is 328 g/mol. The number of hydrogen-bond donors (Lipinski definition) is 0. The largest absolute Gasteiger partial charge is 0.372 e. The first-order valence-electron chi connectivity index (χ1n) is 6.80. The summed E-state index contributed by atoms with van der Waals surface area (Å²) in [5, 5.41) is 0. The molecule has 0 heterocycles. The van der Waals surface area contributed by atoms with Crippen LogP contribution in [0.15, 0.2) is 24.3 Å². The molecule has 2 nitrogen and oxygen atoms in total. The summed E-state index contributed by atoms with van der Waals surface area (Å²) in [5.74, 6) is 1.52. The van der Waals surface area contributed by atoms with Gasteiger partial charge in [0.1, 0.15) is 3.53 Å². The fraction of sp³-hybridized carbons (Fsp3) is 0.467. The van der Waals surface area contributed by atoms with Gasteiger partial charge in [-0.25, -0.2) is 0 Å². The molecule has 20 heavy (non-hydrogen) atoms. The van der Waals surface area contributed by atoms with Crippen LogP contribution < -0.4 is 4.90 Å². The minimum atomic E-state index is 0.139. The number of hydrogen-bond acceptors (Lipinski definition) is 5. The first-order valence-corrected chi connectivity index (χ1v) is 9.18. The minimum absolute atomic E-state index is 0.139. The molecule has 0 spiro atoms. The minimum Gasteiger partial charge on any atom is -0.372 e. The molecule has 0 unspecified atom stereocenters. The van der Waals surface area contributed by atoms with Gasteiger partial charge in [0.25, 0.3) is 0 Å². The van der Waals surface area contributed by atoms with Gasteiger partial charge >= 0.3 is 0 Å². The number of thiocarbonyl (C=S) groups is 1. The van der Waals surface area contributed by atoms with Crippen molar-refractivity contribution in [2.45, 2.75) is 20.8 Å². The van der Waals surface area contributed by atoms with Crippen molar-refractivity contribution < 1.29 is 4.79 Å². The van der Waals surface area contributed by atoms with Gasteiger partial charge in [0.15, 0.2) is 5.78 Å². The number of carbonyl (C=O) groups is 1. The Balaban J connectivity index is 2.59. The topological polar surface area (TPSA) is 20.3 Å². The predicted octanol–water partition coefficient (Wildman–Crippen LogP) is 4.49. The van der Waals surface area contributed by atoms with Crippen molar-refractivity contribution in [2.24, 2.45) is 0 Å². The Bertz CT molecular complexity index is 441. The third-order valence-electron chi connectivity index (χ3n) is 2.90. The van der Waals surface area contributed by atoms with Gasteiger partial charge in [0, 0.05) is 24.3 Å². The molecule has 0 aliphatic carbocycles. The van der Waals surface area contributed by atoms with E-state index in [1.165, 1.54) is 11.8 Å². The van der Waals surface area contributed by atoms with Gasteiger partial charge in [0.2, 0.25) is 0 Å². The van der Waals surface area contributed by atoms with Crippen molar-refractivity contribution >= 4 is 50.7 Å². The molecule has 0 saturated carbocycles. The molecule has 5 heteroatoms. The van der Waals surface area contributed by atoms with Crippen molar-refractivity contribution in [3.63, 3.8) is 0 Å². The zero-order chi connectivity index (χ0) is 15.0. The molecule has 1 aromatic carbocycles. The summed E-state index contributed by atoms with van der Waals surface area (Å²) in [5.41, 5.74) is 1.92. The molecular formula is C15H21NOS3. The summed E-state index contributed by atoms with van der Waals surface area (Å²) in [4.78, 5) is 14.3. The van der Waals surface area contributed by atoms with E-state index < -0.39 is 0 Å². The summed E-state index contributed by atoms with van der Waals surface area (Å²) < 4.78 is 0.848. The van der Waals surface area contributed by atoms with E-state index in [9.17, 15) is 4.79 Å². The lowest BCUT2D eigenvalue weighted by Gasteiger charge is -2.20. The number of carbonyl (C=O) groups excluding carboxylic acids is 1. The SMILES string of the molecule is CCSC(=S)SCC(=O)c1ccc(N(CC)CC)cc1. The Hall–Kier alpha value is -0.520. The Morgan fingerprint density at radius 2 is 1.70 bits per heavy atom. The molecular weight excluding hydrogens is 306 g/mol. The fourth-order valence-corrected chi connectivity index (χ4v) is 3.86. The lowest BCUT2D eigenvalue weighted by atomic mass is 10.1. The normalized spacial score (nSPS) is 10.3. The molecule has 0 amide bonds. The highest BCUT2D eigenvalue weighted by molar-refractivity contribution is 8.47. The molecule has 0 bridgehead atoms. The van der Waals surface area contributed by atoms with E-state index in [0.717, 1.165) is 33.6 Å². The van der Waals surface area contributed by atoms with Crippen LogP contribution in [0, 0.1) is 0 Å². The van der Waals surface area contributed by atoms with Crippen LogP contribution in [0.25, 0.3) is 0 Å². The number of Topliss-reactive ketones (excluding diaryl/α,β-unsaturated/α-hetero) is 1. The van der Waals surface area contributed by atoms with Crippen LogP contribution in [0.4, 0.5) is 5.69 Å². The second-order valence-corrected chi connectivity index (χ2v) is 7.56. The maximum Gasteiger partial charge on any atom is 0.173 e. The lowest BCUT2D eigenvalue weighted by molar-refractivity contribution is 0.102. The zero-order valence-corrected chi connectivity index (χ0v) is 14.7. The molecule has 0 fully saturated rings. The second-order valence-electron chi connectivity index (χ2n) is 4.11. The summed E-state index contributed by atoms with van der Waals surface area (Å²) in [6, 6.07) is 7.85. The van der Waals surface area contributed by atoms with Gasteiger partial charge < -0.3 is 4.90 Å². The lowest BCUT2D eigenvalue weighted by Crippen LogP contribution is -2.21. The van der Waals surface area contributed by atoms with Crippen molar-refractivity contribution in [3.05, 3.63) is 29.8 Å². The van der Waals surface area contributed by atoms with E-state index in [4.69, 9.17) is 12.2 Å². The number of nitrogens with zero attached hydrogens (tertiary/aromatic N) is 1. The van der Waals surface area contributed by atoms with Crippen LogP contribution in [0.2, 0.25) is 0 Å². The van der Waals surface area contributed by atoms with Crippen molar-refractivity contribution in [2.75, 3.05) is 29.5 Å². The molecule has 0 radical (unpaired) electrons. The number of rotatable bonds is 7. The summed E-state index contributed by atoms with van der Waals surface area (Å²) in [6.45, 7) is 8.27. The fourth-order valence-electron chi connectivity index (χ4n) is 1.81. The van der Waals surface area contributed by atoms with Crippen LogP contribution in [0.3, 0.4) is 0 Å². The van der Waals surface area contributed by atoms with Crippen LogP contribution >= 0.6 is 35.7 Å². The Morgan fingerprint density at radius 1 is 1.10 bits per heavy atom. The van der Waals surface area contributed by atoms with E-state index >= 15 is 0 Å². The molecule has 0 aliphatic heterocycles. The maximum atomic E-state index is 12.1. The van der Waals surface area contributed by atoms with Gasteiger partial charge in [-0.15, -0.1) is 11.8 Å². The summed E-state index contributed by atoms with van der Waals surface area (Å²) in [6.07, 6.45) is 0. The monoisotopic (exact) mass is 327 g/mol. The second kappa shape index (κ2) is 9.42. The van der Waals surface area contributed by atoms with Crippen molar-refractivity contribution in [1.82, 2.24) is 0 Å². The smallest absolute Gasteiger partial charge is 0.173 e. The number of benzene rings is 1. The molecule has 0 saturated heterocycles. The quantitative estimate of drug-likeness (QED) is 0.541. The van der Waals surface area contributed by atoms with E-state index in [1.54, 1.807) is 11.8 Å². The molecule has 0 aromatic heterocycles. The zero-order valence-electron chi connectivity index (χ0n) is 12.2. The van der Waals surface area contributed by atoms with Gasteiger partial charge in [-0.1, -0.05) is 30.9 Å². The number of ketones is 1. The van der Waals surface area contributed by atoms with Crippen LogP contribution in [0.5, 0.6) is 0 Å². The van der Waals surface area contributed by atoms with Crippen LogP contribution in [-0.4, -0.2) is 33.9 Å². The molecule has 1 rings (SSSR count). The third-order valence-corrected chi connectivity index (χ3v) is 5.48. The molecule has 0 atom stereocenters. The van der Waals surface area contributed by atoms with Crippen molar-refractivity contribution in [1.29, 1.82) is 0 Å². The first-order chi connectivity index (χ1) is 9.62. The highest BCUT2D eigenvalue weighted by Crippen LogP contribution is 2.20. The van der Waals surface area contributed by atoms with E-state index in [1.807, 2.05) is 24.3 Å². The third kappa shape index (κ3) is 5.46. The first kappa shape index (κ1) is 17.5. The van der Waals surface area contributed by atoms with E-state index in [-0.39, 0.29) is 5.78 Å². The van der Waals surface area contributed by atoms with Gasteiger partial charge in [-0.2, -0.15) is 0 Å². The highest BCUT2D eigenvalue weighted by Gasteiger charge is 2.09. The molecule has 0 N–H and O–H groups in total. The van der Waals surface area contributed by atoms with Crippen LogP contribution in [-0.2, 0) is 0 Å². The van der Waals surface area contributed by atoms with Gasteiger partial charge in [0.05, 0.1) is 5.75 Å². The van der Waals surface area contributed by atoms with E-state index in [0.29, 0.717) is 5.75 Å². The molecule has 110 valence electrons. The molecule has 1 aromatic rings. The van der Waals surface area contributed by atoms with Gasteiger partial charge in [-0.05, 0) is 43.9 Å². The predicted molar refractivity (Wildman–Crippen MR) is 97.5 cm³/mol. The standard InChI is InChI=1S/C15H21NOS3/c1-4-16(5-2)13-9-7-12(8-10-13)14(17)11-20-15(18)19-6-3/h7-10H,4-6,11H2,1-3H3. The molecule has 0 aliphatic rings. The van der Waals surface area contributed by atoms with Crippen LogP contribution in [0.1, 0.15) is 31.1 Å². The highest BCUT2D eigenvalue weighted by atomic mass is 32.2. The average Bonchev–Trinajstić information content (AvgIpc) is 2.47. The summed E-state index contributed by atoms with van der Waals surface area (Å²) >= 11 is 8.25. The number of anilines is 1. The van der Waals surface area contributed by atoms with Crippen molar-refractivity contribution in [3.8, 4) is 0 Å². The summed E-state index contributed by atoms with van der Waals surface area (Å²) in [7, 11) is 0. The van der Waals surface area contributed by atoms with E-state index in [2.05, 4.69) is 25.7 Å². The Kier molecular flexibility index (Phi) is 8.26. The Labute approximate surface area is 135 Å². The van der Waals surface area contributed by atoms with Gasteiger partial charge in [-0.3, -0.25) is 4.79 Å². The Morgan fingerprint density at radius 3 is 2.20 bits per heavy atom. The maximum absolute atomic E-state index is 12.1.